The Labute approximate surface area is 195 Å². The predicted octanol–water partition coefficient (Wildman–Crippen LogP) is 3.50. The molecule has 0 spiro atoms. The van der Waals surface area contributed by atoms with Gasteiger partial charge in [0.15, 0.2) is 0 Å². The van der Waals surface area contributed by atoms with Crippen molar-refractivity contribution in [3.63, 3.8) is 0 Å². The molecule has 0 aromatic heterocycles. The van der Waals surface area contributed by atoms with Gasteiger partial charge in [-0.25, -0.2) is 13.6 Å². The molecule has 0 unspecified atom stereocenters. The van der Waals surface area contributed by atoms with Crippen LogP contribution in [0, 0.1) is 0 Å². The third-order valence-electron chi connectivity index (χ3n) is 5.13. The zero-order valence-corrected chi connectivity index (χ0v) is 19.2. The Kier molecular flexibility index (Phi) is 8.95. The number of sulfonamides is 1. The molecule has 0 saturated heterocycles. The average molecular weight is 464 g/mol. The van der Waals surface area contributed by atoms with Crippen molar-refractivity contribution in [2.75, 3.05) is 13.1 Å². The molecule has 1 amide bonds. The standard InChI is InChI=1S/C26H29N3O3S/c27-33(31,32)24-15-13-22(14-16-24)17-19-28-20-23-11-4-5-12-25(23)26(30)29-18-7-6-10-21-8-2-1-3-9-21/h1-6,8-16,28H,7,17-20H2,(H,29,30)(H2,27,31,32)/b10-6+. The second kappa shape index (κ2) is 12.1. The number of benzene rings is 3. The Hall–Kier alpha value is -3.26. The highest BCUT2D eigenvalue weighted by atomic mass is 32.2. The molecule has 0 saturated carbocycles. The van der Waals surface area contributed by atoms with Crippen molar-refractivity contribution in [2.45, 2.75) is 24.3 Å². The van der Waals surface area contributed by atoms with Crippen LogP contribution in [-0.2, 0) is 23.0 Å². The lowest BCUT2D eigenvalue weighted by molar-refractivity contribution is 0.0953. The number of rotatable bonds is 11. The number of nitrogens with one attached hydrogen (secondary N) is 2. The Bertz CT molecular complexity index is 1170. The van der Waals surface area contributed by atoms with Crippen molar-refractivity contribution in [2.24, 2.45) is 5.14 Å². The van der Waals surface area contributed by atoms with Crippen molar-refractivity contribution < 1.29 is 13.2 Å². The zero-order valence-electron chi connectivity index (χ0n) is 18.4. The first-order valence-electron chi connectivity index (χ1n) is 10.8. The average Bonchev–Trinajstić information content (AvgIpc) is 2.82. The smallest absolute Gasteiger partial charge is 0.251 e. The molecule has 3 aromatic rings. The number of carbonyl (C=O) groups is 1. The van der Waals surface area contributed by atoms with Gasteiger partial charge in [0.25, 0.3) is 5.91 Å². The van der Waals surface area contributed by atoms with Crippen LogP contribution in [0.5, 0.6) is 0 Å². The van der Waals surface area contributed by atoms with Crippen molar-refractivity contribution in [1.82, 2.24) is 10.6 Å². The molecule has 4 N–H and O–H groups in total. The zero-order chi connectivity index (χ0) is 23.5. The normalized spacial score (nSPS) is 11.5. The van der Waals surface area contributed by atoms with E-state index in [2.05, 4.69) is 16.7 Å². The number of primary sulfonamides is 1. The summed E-state index contributed by atoms with van der Waals surface area (Å²) in [4.78, 5) is 12.7. The molecule has 7 heteroatoms. The first-order valence-corrected chi connectivity index (χ1v) is 12.4. The summed E-state index contributed by atoms with van der Waals surface area (Å²) in [6, 6.07) is 24.2. The fraction of sp³-hybridized carbons (Fsp3) is 0.192. The van der Waals surface area contributed by atoms with Crippen LogP contribution >= 0.6 is 0 Å². The Morgan fingerprint density at radius 2 is 1.58 bits per heavy atom. The Morgan fingerprint density at radius 3 is 2.30 bits per heavy atom. The van der Waals surface area contributed by atoms with E-state index in [0.29, 0.717) is 25.2 Å². The number of nitrogens with two attached hydrogens (primary N) is 1. The minimum atomic E-state index is -3.67. The van der Waals surface area contributed by atoms with Crippen LogP contribution in [0.25, 0.3) is 6.08 Å². The molecule has 33 heavy (non-hydrogen) atoms. The summed E-state index contributed by atoms with van der Waals surface area (Å²) in [6.07, 6.45) is 5.59. The molecule has 3 aromatic carbocycles. The molecular formula is C26H29N3O3S. The van der Waals surface area contributed by atoms with Crippen molar-refractivity contribution in [3.05, 3.63) is 107 Å². The van der Waals surface area contributed by atoms with Gasteiger partial charge in [-0.3, -0.25) is 4.79 Å². The second-order valence-electron chi connectivity index (χ2n) is 7.63. The maximum atomic E-state index is 12.6. The van der Waals surface area contributed by atoms with E-state index in [1.54, 1.807) is 12.1 Å². The summed E-state index contributed by atoms with van der Waals surface area (Å²) >= 11 is 0. The van der Waals surface area contributed by atoms with Crippen LogP contribution in [0.15, 0.2) is 89.8 Å². The van der Waals surface area contributed by atoms with Crippen LogP contribution in [0.2, 0.25) is 0 Å². The summed E-state index contributed by atoms with van der Waals surface area (Å²) in [6.45, 7) is 1.82. The molecule has 0 radical (unpaired) electrons. The molecule has 172 valence electrons. The third-order valence-corrected chi connectivity index (χ3v) is 6.06. The first kappa shape index (κ1) is 24.4. The molecule has 0 aliphatic rings. The number of carbonyl (C=O) groups excluding carboxylic acids is 1. The van der Waals surface area contributed by atoms with E-state index >= 15 is 0 Å². The molecule has 3 rings (SSSR count). The highest BCUT2D eigenvalue weighted by Gasteiger charge is 2.10. The molecule has 0 heterocycles. The number of hydrogen-bond donors (Lipinski definition) is 3. The maximum absolute atomic E-state index is 12.6. The molecule has 6 nitrogen and oxygen atoms in total. The quantitative estimate of drug-likeness (QED) is 0.379. The highest BCUT2D eigenvalue weighted by molar-refractivity contribution is 7.89. The van der Waals surface area contributed by atoms with Gasteiger partial charge < -0.3 is 10.6 Å². The van der Waals surface area contributed by atoms with Gasteiger partial charge in [0.05, 0.1) is 4.90 Å². The molecule has 0 bridgehead atoms. The lowest BCUT2D eigenvalue weighted by atomic mass is 10.1. The van der Waals surface area contributed by atoms with Gasteiger partial charge in [-0.1, -0.05) is 72.8 Å². The largest absolute Gasteiger partial charge is 0.352 e. The molecule has 0 aliphatic heterocycles. The van der Waals surface area contributed by atoms with Crippen LogP contribution in [0.1, 0.15) is 33.5 Å². The van der Waals surface area contributed by atoms with Gasteiger partial charge in [0.2, 0.25) is 10.0 Å². The third kappa shape index (κ3) is 7.98. The minimum absolute atomic E-state index is 0.0842. The monoisotopic (exact) mass is 463 g/mol. The predicted molar refractivity (Wildman–Crippen MR) is 132 cm³/mol. The van der Waals surface area contributed by atoms with E-state index in [1.807, 2.05) is 60.7 Å². The van der Waals surface area contributed by atoms with Gasteiger partial charge >= 0.3 is 0 Å². The molecule has 0 atom stereocenters. The summed E-state index contributed by atoms with van der Waals surface area (Å²) < 4.78 is 22.7. The van der Waals surface area contributed by atoms with E-state index in [-0.39, 0.29) is 10.8 Å². The second-order valence-corrected chi connectivity index (χ2v) is 9.19. The van der Waals surface area contributed by atoms with E-state index in [9.17, 15) is 13.2 Å². The van der Waals surface area contributed by atoms with E-state index in [0.717, 1.165) is 29.5 Å². The van der Waals surface area contributed by atoms with Crippen LogP contribution in [-0.4, -0.2) is 27.4 Å². The fourth-order valence-corrected chi connectivity index (χ4v) is 3.86. The van der Waals surface area contributed by atoms with Gasteiger partial charge in [-0.2, -0.15) is 0 Å². The summed E-state index contributed by atoms with van der Waals surface area (Å²) in [7, 11) is -3.67. The van der Waals surface area contributed by atoms with Crippen LogP contribution in [0.4, 0.5) is 0 Å². The summed E-state index contributed by atoms with van der Waals surface area (Å²) in [5, 5.41) is 11.5. The first-order chi connectivity index (χ1) is 15.9. The number of hydrogen-bond acceptors (Lipinski definition) is 4. The Morgan fingerprint density at radius 1 is 0.879 bits per heavy atom. The fourth-order valence-electron chi connectivity index (χ4n) is 3.35. The SMILES string of the molecule is NS(=O)(=O)c1ccc(CCNCc2ccccc2C(=O)NCC/C=C/c2ccccc2)cc1. The Balaban J connectivity index is 1.44. The van der Waals surface area contributed by atoms with Gasteiger partial charge in [-0.05, 0) is 54.3 Å². The van der Waals surface area contributed by atoms with Crippen molar-refractivity contribution >= 4 is 22.0 Å². The van der Waals surface area contributed by atoms with E-state index in [1.165, 1.54) is 12.1 Å². The molecular weight excluding hydrogens is 434 g/mol. The lowest BCUT2D eigenvalue weighted by Crippen LogP contribution is -2.26. The van der Waals surface area contributed by atoms with Crippen LogP contribution < -0.4 is 15.8 Å². The highest BCUT2D eigenvalue weighted by Crippen LogP contribution is 2.11. The van der Waals surface area contributed by atoms with Crippen molar-refractivity contribution in [3.8, 4) is 0 Å². The summed E-state index contributed by atoms with van der Waals surface area (Å²) in [5.74, 6) is -0.0842. The van der Waals surface area contributed by atoms with Crippen molar-refractivity contribution in [1.29, 1.82) is 0 Å². The summed E-state index contributed by atoms with van der Waals surface area (Å²) in [5.41, 5.74) is 3.74. The van der Waals surface area contributed by atoms with Gasteiger partial charge in [-0.15, -0.1) is 0 Å². The van der Waals surface area contributed by atoms with E-state index in [4.69, 9.17) is 5.14 Å². The van der Waals surface area contributed by atoms with Gasteiger partial charge in [0, 0.05) is 18.7 Å². The molecule has 0 aliphatic carbocycles. The lowest BCUT2D eigenvalue weighted by Gasteiger charge is -2.11. The molecule has 0 fully saturated rings. The van der Waals surface area contributed by atoms with Crippen LogP contribution in [0.3, 0.4) is 0 Å². The maximum Gasteiger partial charge on any atom is 0.251 e. The minimum Gasteiger partial charge on any atom is -0.352 e. The van der Waals surface area contributed by atoms with Gasteiger partial charge in [0.1, 0.15) is 0 Å². The van der Waals surface area contributed by atoms with E-state index < -0.39 is 10.0 Å². The topological polar surface area (TPSA) is 101 Å². The number of amides is 1.